The lowest BCUT2D eigenvalue weighted by Gasteiger charge is -2.37. The molecule has 106 valence electrons. The Morgan fingerprint density at radius 2 is 2.21 bits per heavy atom. The molecule has 19 heavy (non-hydrogen) atoms. The SMILES string of the molecule is CCC1CCCCN1c1ccc(C(C)NC)cc1F. The van der Waals surface area contributed by atoms with Crippen LogP contribution < -0.4 is 10.2 Å². The van der Waals surface area contributed by atoms with Crippen LogP contribution in [0.5, 0.6) is 0 Å². The van der Waals surface area contributed by atoms with Crippen molar-refractivity contribution in [1.82, 2.24) is 5.32 Å². The molecule has 0 radical (unpaired) electrons. The molecular weight excluding hydrogens is 239 g/mol. The summed E-state index contributed by atoms with van der Waals surface area (Å²) < 4.78 is 14.4. The van der Waals surface area contributed by atoms with Crippen LogP contribution >= 0.6 is 0 Å². The van der Waals surface area contributed by atoms with Gasteiger partial charge in [0, 0.05) is 18.6 Å². The van der Waals surface area contributed by atoms with Gasteiger partial charge in [0.15, 0.2) is 0 Å². The maximum absolute atomic E-state index is 14.4. The minimum atomic E-state index is -0.0834. The Kier molecular flexibility index (Phi) is 4.81. The summed E-state index contributed by atoms with van der Waals surface area (Å²) in [4.78, 5) is 2.26. The Morgan fingerprint density at radius 3 is 2.84 bits per heavy atom. The number of hydrogen-bond donors (Lipinski definition) is 1. The van der Waals surface area contributed by atoms with E-state index in [9.17, 15) is 4.39 Å². The molecule has 1 heterocycles. The molecule has 1 aromatic carbocycles. The molecule has 2 rings (SSSR count). The summed E-state index contributed by atoms with van der Waals surface area (Å²) in [5.41, 5.74) is 1.78. The van der Waals surface area contributed by atoms with Crippen molar-refractivity contribution in [2.24, 2.45) is 0 Å². The molecule has 0 spiro atoms. The van der Waals surface area contributed by atoms with Gasteiger partial charge in [-0.2, -0.15) is 0 Å². The molecule has 1 aliphatic heterocycles. The van der Waals surface area contributed by atoms with Crippen molar-refractivity contribution in [2.45, 2.75) is 51.6 Å². The van der Waals surface area contributed by atoms with Gasteiger partial charge < -0.3 is 10.2 Å². The van der Waals surface area contributed by atoms with Crippen LogP contribution in [0.25, 0.3) is 0 Å². The van der Waals surface area contributed by atoms with Crippen LogP contribution in [0.15, 0.2) is 18.2 Å². The zero-order chi connectivity index (χ0) is 13.8. The summed E-state index contributed by atoms with van der Waals surface area (Å²) in [5.74, 6) is -0.0834. The second-order valence-corrected chi connectivity index (χ2v) is 5.47. The van der Waals surface area contributed by atoms with Gasteiger partial charge in [-0.3, -0.25) is 0 Å². The average Bonchev–Trinajstić information content (AvgIpc) is 2.46. The predicted octanol–water partition coefficient (Wildman–Crippen LogP) is 3.88. The highest BCUT2D eigenvalue weighted by molar-refractivity contribution is 5.51. The number of anilines is 1. The van der Waals surface area contributed by atoms with E-state index in [4.69, 9.17) is 0 Å². The average molecular weight is 264 g/mol. The van der Waals surface area contributed by atoms with Gasteiger partial charge in [0.25, 0.3) is 0 Å². The van der Waals surface area contributed by atoms with Gasteiger partial charge in [-0.25, -0.2) is 4.39 Å². The minimum Gasteiger partial charge on any atom is -0.366 e. The molecule has 2 atom stereocenters. The standard InChI is InChI=1S/C16H25FN2/c1-4-14-7-5-6-10-19(14)16-9-8-13(11-15(16)17)12(2)18-3/h8-9,11-12,14,18H,4-7,10H2,1-3H3. The third-order valence-electron chi connectivity index (χ3n) is 4.31. The Bertz CT molecular complexity index is 419. The smallest absolute Gasteiger partial charge is 0.146 e. The molecule has 0 aliphatic carbocycles. The zero-order valence-corrected chi connectivity index (χ0v) is 12.2. The highest BCUT2D eigenvalue weighted by atomic mass is 19.1. The number of nitrogens with zero attached hydrogens (tertiary/aromatic N) is 1. The molecule has 0 saturated carbocycles. The van der Waals surface area contributed by atoms with Crippen molar-refractivity contribution in [3.63, 3.8) is 0 Å². The molecule has 1 fully saturated rings. The van der Waals surface area contributed by atoms with E-state index in [0.29, 0.717) is 6.04 Å². The van der Waals surface area contributed by atoms with Crippen molar-refractivity contribution in [2.75, 3.05) is 18.5 Å². The highest BCUT2D eigenvalue weighted by Gasteiger charge is 2.23. The van der Waals surface area contributed by atoms with Crippen LogP contribution in [-0.4, -0.2) is 19.6 Å². The van der Waals surface area contributed by atoms with Crippen molar-refractivity contribution in [3.8, 4) is 0 Å². The van der Waals surface area contributed by atoms with E-state index in [-0.39, 0.29) is 11.9 Å². The lowest BCUT2D eigenvalue weighted by Crippen LogP contribution is -2.39. The monoisotopic (exact) mass is 264 g/mol. The summed E-state index contributed by atoms with van der Waals surface area (Å²) in [5, 5.41) is 3.15. The summed E-state index contributed by atoms with van der Waals surface area (Å²) in [6, 6.07) is 6.35. The van der Waals surface area contributed by atoms with Gasteiger partial charge in [0.05, 0.1) is 5.69 Å². The van der Waals surface area contributed by atoms with Crippen LogP contribution in [0.4, 0.5) is 10.1 Å². The van der Waals surface area contributed by atoms with E-state index in [1.54, 1.807) is 6.07 Å². The molecule has 3 heteroatoms. The second kappa shape index (κ2) is 6.38. The molecule has 0 bridgehead atoms. The quantitative estimate of drug-likeness (QED) is 0.888. The summed E-state index contributed by atoms with van der Waals surface area (Å²) in [7, 11) is 1.90. The first-order valence-corrected chi connectivity index (χ1v) is 7.40. The molecule has 1 aliphatic rings. The molecule has 0 amide bonds. The Hall–Kier alpha value is -1.09. The molecule has 1 saturated heterocycles. The van der Waals surface area contributed by atoms with E-state index in [0.717, 1.165) is 24.2 Å². The summed E-state index contributed by atoms with van der Waals surface area (Å²) >= 11 is 0. The highest BCUT2D eigenvalue weighted by Crippen LogP contribution is 2.30. The maximum Gasteiger partial charge on any atom is 0.146 e. The molecule has 1 N–H and O–H groups in total. The number of rotatable bonds is 4. The van der Waals surface area contributed by atoms with E-state index in [1.807, 2.05) is 26.1 Å². The van der Waals surface area contributed by atoms with Crippen molar-refractivity contribution >= 4 is 5.69 Å². The van der Waals surface area contributed by atoms with Crippen LogP contribution in [0, 0.1) is 5.82 Å². The normalized spacial score (nSPS) is 21.5. The zero-order valence-electron chi connectivity index (χ0n) is 12.2. The van der Waals surface area contributed by atoms with Crippen LogP contribution in [0.1, 0.15) is 51.1 Å². The number of piperidine rings is 1. The van der Waals surface area contributed by atoms with Gasteiger partial charge in [-0.1, -0.05) is 13.0 Å². The molecule has 2 nitrogen and oxygen atoms in total. The van der Waals surface area contributed by atoms with Crippen LogP contribution in [0.3, 0.4) is 0 Å². The van der Waals surface area contributed by atoms with Crippen LogP contribution in [-0.2, 0) is 0 Å². The second-order valence-electron chi connectivity index (χ2n) is 5.47. The summed E-state index contributed by atoms with van der Waals surface area (Å²) in [6.07, 6.45) is 4.72. The fourth-order valence-electron chi connectivity index (χ4n) is 2.93. The molecular formula is C16H25FN2. The number of hydrogen-bond acceptors (Lipinski definition) is 2. The van der Waals surface area contributed by atoms with Gasteiger partial charge in [-0.15, -0.1) is 0 Å². The van der Waals surface area contributed by atoms with E-state index in [1.165, 1.54) is 19.3 Å². The first-order valence-electron chi connectivity index (χ1n) is 7.40. The summed E-state index contributed by atoms with van der Waals surface area (Å²) in [6.45, 7) is 5.22. The van der Waals surface area contributed by atoms with Crippen molar-refractivity contribution in [1.29, 1.82) is 0 Å². The fraction of sp³-hybridized carbons (Fsp3) is 0.625. The largest absolute Gasteiger partial charge is 0.366 e. The molecule has 2 unspecified atom stereocenters. The number of nitrogens with one attached hydrogen (secondary N) is 1. The third kappa shape index (κ3) is 3.08. The Morgan fingerprint density at radius 1 is 1.42 bits per heavy atom. The van der Waals surface area contributed by atoms with Gasteiger partial charge in [-0.05, 0) is 57.4 Å². The third-order valence-corrected chi connectivity index (χ3v) is 4.31. The van der Waals surface area contributed by atoms with E-state index in [2.05, 4.69) is 17.1 Å². The predicted molar refractivity (Wildman–Crippen MR) is 79.2 cm³/mol. The Balaban J connectivity index is 2.24. The number of halogens is 1. The first-order chi connectivity index (χ1) is 9.17. The van der Waals surface area contributed by atoms with Gasteiger partial charge in [0.1, 0.15) is 5.82 Å². The number of benzene rings is 1. The Labute approximate surface area is 116 Å². The van der Waals surface area contributed by atoms with E-state index < -0.39 is 0 Å². The first kappa shape index (κ1) is 14.3. The van der Waals surface area contributed by atoms with Crippen molar-refractivity contribution in [3.05, 3.63) is 29.6 Å². The van der Waals surface area contributed by atoms with E-state index >= 15 is 0 Å². The van der Waals surface area contributed by atoms with Crippen LogP contribution in [0.2, 0.25) is 0 Å². The lowest BCUT2D eigenvalue weighted by molar-refractivity contribution is 0.443. The molecule has 0 aromatic heterocycles. The lowest BCUT2D eigenvalue weighted by atomic mass is 9.98. The molecule has 1 aromatic rings. The fourth-order valence-corrected chi connectivity index (χ4v) is 2.93. The van der Waals surface area contributed by atoms with Crippen molar-refractivity contribution < 1.29 is 4.39 Å². The maximum atomic E-state index is 14.4. The van der Waals surface area contributed by atoms with Gasteiger partial charge >= 0.3 is 0 Å². The van der Waals surface area contributed by atoms with Gasteiger partial charge in [0.2, 0.25) is 0 Å². The topological polar surface area (TPSA) is 15.3 Å². The minimum absolute atomic E-state index is 0.0834.